The summed E-state index contributed by atoms with van der Waals surface area (Å²) in [6.45, 7) is 1.92. The van der Waals surface area contributed by atoms with Crippen molar-refractivity contribution in [3.05, 3.63) is 106 Å². The fraction of sp³-hybridized carbons (Fsp3) is 0.185. The predicted octanol–water partition coefficient (Wildman–Crippen LogP) is 6.25. The van der Waals surface area contributed by atoms with Crippen LogP contribution in [0.5, 0.6) is 0 Å². The summed E-state index contributed by atoms with van der Waals surface area (Å²) >= 11 is 7.91. The van der Waals surface area contributed by atoms with Gasteiger partial charge in [-0.05, 0) is 48.4 Å². The first-order valence-electron chi connectivity index (χ1n) is 11.0. The first-order chi connectivity index (χ1) is 16.4. The number of hydrogen-bond acceptors (Lipinski definition) is 5. The van der Waals surface area contributed by atoms with Crippen molar-refractivity contribution in [2.45, 2.75) is 18.7 Å². The topological polar surface area (TPSA) is 56.7 Å². The Morgan fingerprint density at radius 2 is 1.71 bits per heavy atom. The van der Waals surface area contributed by atoms with Gasteiger partial charge in [-0.3, -0.25) is 4.79 Å². The highest BCUT2D eigenvalue weighted by Crippen LogP contribution is 2.34. The number of carbonyl (C=O) groups is 1. The number of nitrogens with zero attached hydrogens (tertiary/aromatic N) is 2. The fourth-order valence-corrected chi connectivity index (χ4v) is 4.92. The van der Waals surface area contributed by atoms with E-state index < -0.39 is 6.04 Å². The third-order valence-electron chi connectivity index (χ3n) is 5.54. The molecular formula is C27H27ClN4OS. The van der Waals surface area contributed by atoms with Gasteiger partial charge in [0.05, 0.1) is 5.57 Å². The quantitative estimate of drug-likeness (QED) is 0.428. The largest absolute Gasteiger partial charge is 0.378 e. The van der Waals surface area contributed by atoms with Crippen LogP contribution in [-0.2, 0) is 10.5 Å². The van der Waals surface area contributed by atoms with Crippen LogP contribution in [-0.4, -0.2) is 25.2 Å². The molecule has 0 unspecified atom stereocenters. The van der Waals surface area contributed by atoms with E-state index in [1.165, 1.54) is 0 Å². The molecule has 1 amide bonds. The van der Waals surface area contributed by atoms with Crippen LogP contribution in [0.25, 0.3) is 0 Å². The molecule has 0 aromatic heterocycles. The monoisotopic (exact) mass is 490 g/mol. The predicted molar refractivity (Wildman–Crippen MR) is 145 cm³/mol. The van der Waals surface area contributed by atoms with E-state index in [0.29, 0.717) is 11.3 Å². The molecule has 3 aromatic rings. The molecule has 1 heterocycles. The number of thioether (sulfide) groups is 1. The van der Waals surface area contributed by atoms with Crippen molar-refractivity contribution in [1.82, 2.24) is 5.32 Å². The number of halogens is 1. The van der Waals surface area contributed by atoms with Crippen LogP contribution in [0.2, 0.25) is 5.02 Å². The Morgan fingerprint density at radius 1 is 1.03 bits per heavy atom. The Balaban J connectivity index is 1.63. The van der Waals surface area contributed by atoms with E-state index in [0.717, 1.165) is 38.4 Å². The van der Waals surface area contributed by atoms with Crippen LogP contribution >= 0.6 is 23.4 Å². The van der Waals surface area contributed by atoms with Gasteiger partial charge in [-0.15, -0.1) is 0 Å². The molecule has 4 rings (SSSR count). The third kappa shape index (κ3) is 5.64. The second kappa shape index (κ2) is 10.8. The van der Waals surface area contributed by atoms with E-state index in [-0.39, 0.29) is 5.91 Å². The van der Waals surface area contributed by atoms with E-state index in [2.05, 4.69) is 10.6 Å². The van der Waals surface area contributed by atoms with E-state index in [1.807, 2.05) is 105 Å². The second-order valence-corrected chi connectivity index (χ2v) is 9.56. The Bertz CT molecular complexity index is 1220. The number of anilines is 2. The number of hydrogen-bond donors (Lipinski definition) is 2. The van der Waals surface area contributed by atoms with Crippen LogP contribution < -0.4 is 15.5 Å². The lowest BCUT2D eigenvalue weighted by molar-refractivity contribution is -0.113. The minimum absolute atomic E-state index is 0.170. The SMILES string of the molecule is CC1=C(C(=O)Nc2ccccc2)[C@H](c2ccc(N(C)C)cc2)N=C(SCc2ccccc2Cl)N1. The molecule has 1 aliphatic rings. The number of para-hydroxylation sites is 1. The smallest absolute Gasteiger partial charge is 0.255 e. The number of nitrogens with one attached hydrogen (secondary N) is 2. The van der Waals surface area contributed by atoms with E-state index in [9.17, 15) is 4.79 Å². The Morgan fingerprint density at radius 3 is 2.38 bits per heavy atom. The molecule has 7 heteroatoms. The number of aliphatic imine (C=N–C) groups is 1. The lowest BCUT2D eigenvalue weighted by Crippen LogP contribution is -2.32. The summed E-state index contributed by atoms with van der Waals surface area (Å²) in [4.78, 5) is 20.4. The average Bonchev–Trinajstić information content (AvgIpc) is 2.83. The molecule has 0 spiro atoms. The lowest BCUT2D eigenvalue weighted by atomic mass is 9.95. The first-order valence-corrected chi connectivity index (χ1v) is 12.3. The van der Waals surface area contributed by atoms with Gasteiger partial charge in [0.2, 0.25) is 0 Å². The zero-order valence-electron chi connectivity index (χ0n) is 19.4. The van der Waals surface area contributed by atoms with Gasteiger partial charge >= 0.3 is 0 Å². The van der Waals surface area contributed by atoms with Crippen molar-refractivity contribution in [2.75, 3.05) is 24.3 Å². The standard InChI is InChI=1S/C27H27ClN4OS/c1-18-24(26(33)30-21-10-5-4-6-11-21)25(19-13-15-22(16-14-19)32(2)3)31-27(29-18)34-17-20-9-7-8-12-23(20)28/h4-16,25H,17H2,1-3H3,(H,29,31)(H,30,33)/t25-/m0/s1. The molecule has 1 atom stereocenters. The van der Waals surface area contributed by atoms with Gasteiger partial charge in [0.1, 0.15) is 6.04 Å². The van der Waals surface area contributed by atoms with Gasteiger partial charge in [0.25, 0.3) is 5.91 Å². The number of allylic oxidation sites excluding steroid dienone is 1. The van der Waals surface area contributed by atoms with Crippen LogP contribution in [0.1, 0.15) is 24.1 Å². The molecule has 0 saturated heterocycles. The van der Waals surface area contributed by atoms with E-state index in [1.54, 1.807) is 11.8 Å². The summed E-state index contributed by atoms with van der Waals surface area (Å²) < 4.78 is 0. The number of carbonyl (C=O) groups excluding carboxylic acids is 1. The van der Waals surface area contributed by atoms with Crippen LogP contribution in [0.4, 0.5) is 11.4 Å². The Labute approximate surface area is 209 Å². The Kier molecular flexibility index (Phi) is 7.60. The maximum absolute atomic E-state index is 13.4. The molecule has 0 fully saturated rings. The highest BCUT2D eigenvalue weighted by atomic mass is 35.5. The van der Waals surface area contributed by atoms with Crippen molar-refractivity contribution in [3.8, 4) is 0 Å². The summed E-state index contributed by atoms with van der Waals surface area (Å²) in [6.07, 6.45) is 0. The second-order valence-electron chi connectivity index (χ2n) is 8.19. The zero-order chi connectivity index (χ0) is 24.1. The zero-order valence-corrected chi connectivity index (χ0v) is 21.0. The highest BCUT2D eigenvalue weighted by Gasteiger charge is 2.29. The lowest BCUT2D eigenvalue weighted by Gasteiger charge is -2.27. The summed E-state index contributed by atoms with van der Waals surface area (Å²) in [5.41, 5.74) is 5.22. The summed E-state index contributed by atoms with van der Waals surface area (Å²) in [6, 6.07) is 25.0. The molecule has 0 bridgehead atoms. The van der Waals surface area contributed by atoms with Crippen molar-refractivity contribution in [2.24, 2.45) is 4.99 Å². The van der Waals surface area contributed by atoms with Crippen molar-refractivity contribution >= 4 is 45.8 Å². The first kappa shape index (κ1) is 23.9. The molecule has 3 aromatic carbocycles. The minimum atomic E-state index is -0.421. The number of rotatable bonds is 6. The molecule has 5 nitrogen and oxygen atoms in total. The maximum Gasteiger partial charge on any atom is 0.255 e. The van der Waals surface area contributed by atoms with Crippen LogP contribution in [0.3, 0.4) is 0 Å². The van der Waals surface area contributed by atoms with Gasteiger partial charge in [0.15, 0.2) is 5.17 Å². The average molecular weight is 491 g/mol. The molecule has 0 radical (unpaired) electrons. The highest BCUT2D eigenvalue weighted by molar-refractivity contribution is 8.13. The summed E-state index contributed by atoms with van der Waals surface area (Å²) in [5, 5.41) is 7.84. The molecule has 174 valence electrons. The molecule has 34 heavy (non-hydrogen) atoms. The molecular weight excluding hydrogens is 464 g/mol. The van der Waals surface area contributed by atoms with Crippen molar-refractivity contribution in [3.63, 3.8) is 0 Å². The van der Waals surface area contributed by atoms with Crippen LogP contribution in [0.15, 0.2) is 95.1 Å². The minimum Gasteiger partial charge on any atom is -0.378 e. The third-order valence-corrected chi connectivity index (χ3v) is 6.85. The fourth-order valence-electron chi connectivity index (χ4n) is 3.69. The van der Waals surface area contributed by atoms with E-state index in [4.69, 9.17) is 16.6 Å². The summed E-state index contributed by atoms with van der Waals surface area (Å²) in [5.74, 6) is 0.508. The van der Waals surface area contributed by atoms with Gasteiger partial charge in [-0.1, -0.05) is 71.9 Å². The van der Waals surface area contributed by atoms with E-state index >= 15 is 0 Å². The van der Waals surface area contributed by atoms with Gasteiger partial charge < -0.3 is 15.5 Å². The van der Waals surface area contributed by atoms with Gasteiger partial charge in [-0.2, -0.15) is 0 Å². The molecule has 0 saturated carbocycles. The van der Waals surface area contributed by atoms with Gasteiger partial charge in [0, 0.05) is 41.9 Å². The molecule has 0 aliphatic carbocycles. The van der Waals surface area contributed by atoms with Gasteiger partial charge in [-0.25, -0.2) is 4.99 Å². The number of amides is 1. The summed E-state index contributed by atoms with van der Waals surface area (Å²) in [7, 11) is 4.01. The van der Waals surface area contributed by atoms with Crippen LogP contribution in [0, 0.1) is 0 Å². The van der Waals surface area contributed by atoms with Crippen molar-refractivity contribution in [1.29, 1.82) is 0 Å². The number of amidine groups is 1. The maximum atomic E-state index is 13.4. The van der Waals surface area contributed by atoms with Crippen molar-refractivity contribution < 1.29 is 4.79 Å². The molecule has 2 N–H and O–H groups in total. The molecule has 1 aliphatic heterocycles. The number of benzene rings is 3. The normalized spacial score (nSPS) is 15.4. The Hall–Kier alpha value is -3.22.